The van der Waals surface area contributed by atoms with Gasteiger partial charge in [-0.1, -0.05) is 18.3 Å². The van der Waals surface area contributed by atoms with Crippen molar-refractivity contribution < 1.29 is 18.7 Å². The van der Waals surface area contributed by atoms with Crippen LogP contribution in [0.1, 0.15) is 17.6 Å². The Bertz CT molecular complexity index is 1470. The highest BCUT2D eigenvalue weighted by molar-refractivity contribution is 7.16. The fourth-order valence-corrected chi connectivity index (χ4v) is 5.22. The van der Waals surface area contributed by atoms with E-state index in [0.717, 1.165) is 22.5 Å². The first-order valence-corrected chi connectivity index (χ1v) is 12.3. The zero-order chi connectivity index (χ0) is 25.4. The van der Waals surface area contributed by atoms with E-state index in [1.807, 2.05) is 24.9 Å². The SMILES string of the molecule is CCc1oc2ncc(N3CCN(C(=O)O)CC3)cc2c1N(C)c1nc(-c2ccc(F)cc2)c(C#N)s1. The Kier molecular flexibility index (Phi) is 6.20. The topological polar surface area (TPSA) is 110 Å². The zero-order valence-electron chi connectivity index (χ0n) is 19.7. The summed E-state index contributed by atoms with van der Waals surface area (Å²) in [5.41, 5.74) is 3.37. The van der Waals surface area contributed by atoms with Crippen LogP contribution in [0.2, 0.25) is 0 Å². The van der Waals surface area contributed by atoms with Crippen LogP contribution in [-0.4, -0.2) is 59.3 Å². The third-order valence-electron chi connectivity index (χ3n) is 6.27. The van der Waals surface area contributed by atoms with Crippen LogP contribution in [0.3, 0.4) is 0 Å². The van der Waals surface area contributed by atoms with Gasteiger partial charge in [0.1, 0.15) is 28.2 Å². The average Bonchev–Trinajstić information content (AvgIpc) is 3.50. The Hall–Kier alpha value is -4.17. The summed E-state index contributed by atoms with van der Waals surface area (Å²) in [5, 5.41) is 20.4. The smallest absolute Gasteiger partial charge is 0.407 e. The first-order valence-electron chi connectivity index (χ1n) is 11.4. The highest BCUT2D eigenvalue weighted by Crippen LogP contribution is 2.41. The third kappa shape index (κ3) is 4.20. The quantitative estimate of drug-likeness (QED) is 0.399. The highest BCUT2D eigenvalue weighted by Gasteiger charge is 2.25. The first kappa shape index (κ1) is 23.6. The molecule has 1 aliphatic heterocycles. The number of piperazine rings is 1. The van der Waals surface area contributed by atoms with Crippen molar-refractivity contribution in [3.63, 3.8) is 0 Å². The van der Waals surface area contributed by atoms with Gasteiger partial charge in [-0.05, 0) is 30.3 Å². The number of aromatic nitrogens is 2. The van der Waals surface area contributed by atoms with Crippen molar-refractivity contribution in [3.8, 4) is 17.3 Å². The van der Waals surface area contributed by atoms with E-state index in [-0.39, 0.29) is 5.82 Å². The van der Waals surface area contributed by atoms with E-state index in [9.17, 15) is 19.6 Å². The first-order chi connectivity index (χ1) is 17.4. The van der Waals surface area contributed by atoms with Crippen LogP contribution >= 0.6 is 11.3 Å². The lowest BCUT2D eigenvalue weighted by Crippen LogP contribution is -2.48. The molecule has 4 heterocycles. The number of carboxylic acid groups (broad SMARTS) is 1. The van der Waals surface area contributed by atoms with Gasteiger partial charge < -0.3 is 24.2 Å². The predicted octanol–water partition coefficient (Wildman–Crippen LogP) is 5.09. The summed E-state index contributed by atoms with van der Waals surface area (Å²) in [6, 6.07) is 10.1. The number of benzene rings is 1. The van der Waals surface area contributed by atoms with E-state index in [4.69, 9.17) is 9.40 Å². The van der Waals surface area contributed by atoms with Crippen LogP contribution in [0.5, 0.6) is 0 Å². The minimum atomic E-state index is -0.908. The maximum Gasteiger partial charge on any atom is 0.407 e. The number of nitriles is 1. The van der Waals surface area contributed by atoms with Crippen molar-refractivity contribution in [1.82, 2.24) is 14.9 Å². The lowest BCUT2D eigenvalue weighted by Gasteiger charge is -2.34. The number of rotatable bonds is 5. The largest absolute Gasteiger partial charge is 0.465 e. The molecule has 11 heteroatoms. The van der Waals surface area contributed by atoms with Gasteiger partial charge in [-0.25, -0.2) is 19.2 Å². The average molecular weight is 507 g/mol. The number of carbonyl (C=O) groups is 1. The Morgan fingerprint density at radius 3 is 2.64 bits per heavy atom. The van der Waals surface area contributed by atoms with Crippen LogP contribution in [0, 0.1) is 17.1 Å². The van der Waals surface area contributed by atoms with Crippen molar-refractivity contribution in [3.05, 3.63) is 53.0 Å². The number of hydrogen-bond donors (Lipinski definition) is 1. The molecule has 1 amide bonds. The number of furan rings is 1. The van der Waals surface area contributed by atoms with Crippen LogP contribution < -0.4 is 9.80 Å². The van der Waals surface area contributed by atoms with E-state index < -0.39 is 6.09 Å². The Balaban J connectivity index is 1.52. The molecule has 9 nitrogen and oxygen atoms in total. The van der Waals surface area contributed by atoms with Gasteiger partial charge in [0, 0.05) is 45.2 Å². The van der Waals surface area contributed by atoms with Gasteiger partial charge in [0.2, 0.25) is 5.71 Å². The van der Waals surface area contributed by atoms with Gasteiger partial charge in [-0.3, -0.25) is 0 Å². The Morgan fingerprint density at radius 2 is 2.00 bits per heavy atom. The summed E-state index contributed by atoms with van der Waals surface area (Å²) in [6.07, 6.45) is 1.47. The minimum Gasteiger partial charge on any atom is -0.465 e. The number of hydrogen-bond acceptors (Lipinski definition) is 8. The second kappa shape index (κ2) is 9.47. The minimum absolute atomic E-state index is 0.352. The van der Waals surface area contributed by atoms with Crippen LogP contribution in [0.4, 0.5) is 25.7 Å². The zero-order valence-corrected chi connectivity index (χ0v) is 20.5. The molecule has 1 aromatic carbocycles. The summed E-state index contributed by atoms with van der Waals surface area (Å²) in [5.74, 6) is 0.389. The van der Waals surface area contributed by atoms with E-state index in [0.29, 0.717) is 59.6 Å². The summed E-state index contributed by atoms with van der Waals surface area (Å²) >= 11 is 1.25. The van der Waals surface area contributed by atoms with Gasteiger partial charge in [0.15, 0.2) is 5.13 Å². The normalized spacial score (nSPS) is 13.7. The number of amides is 1. The Labute approximate surface area is 210 Å². The number of anilines is 3. The van der Waals surface area contributed by atoms with Crippen LogP contribution in [0.25, 0.3) is 22.4 Å². The molecule has 184 valence electrons. The van der Waals surface area contributed by atoms with Gasteiger partial charge in [-0.15, -0.1) is 0 Å². The van der Waals surface area contributed by atoms with E-state index >= 15 is 0 Å². The molecule has 0 radical (unpaired) electrons. The number of pyridine rings is 1. The summed E-state index contributed by atoms with van der Waals surface area (Å²) in [4.78, 5) is 26.4. The molecule has 0 aliphatic carbocycles. The maximum absolute atomic E-state index is 13.4. The van der Waals surface area contributed by atoms with Gasteiger partial charge >= 0.3 is 6.09 Å². The molecule has 3 aromatic heterocycles. The summed E-state index contributed by atoms with van der Waals surface area (Å²) in [6.45, 7) is 3.99. The second-order valence-electron chi connectivity index (χ2n) is 8.38. The molecule has 5 rings (SSSR count). The number of thiazole rings is 1. The lowest BCUT2D eigenvalue weighted by atomic mass is 10.1. The van der Waals surface area contributed by atoms with Crippen molar-refractivity contribution in [1.29, 1.82) is 5.26 Å². The Morgan fingerprint density at radius 1 is 1.28 bits per heavy atom. The van der Waals surface area contributed by atoms with E-state index in [1.165, 1.54) is 28.4 Å². The molecular weight excluding hydrogens is 483 g/mol. The monoisotopic (exact) mass is 506 g/mol. The molecule has 4 aromatic rings. The number of nitrogens with zero attached hydrogens (tertiary/aromatic N) is 6. The van der Waals surface area contributed by atoms with Gasteiger partial charge in [0.05, 0.1) is 23.0 Å². The molecule has 0 unspecified atom stereocenters. The molecular formula is C25H23FN6O3S. The van der Waals surface area contributed by atoms with Gasteiger partial charge in [-0.2, -0.15) is 5.26 Å². The fourth-order valence-electron chi connectivity index (χ4n) is 4.37. The fraction of sp³-hybridized carbons (Fsp3) is 0.280. The van der Waals surface area contributed by atoms with E-state index in [2.05, 4.69) is 16.0 Å². The molecule has 1 fully saturated rings. The standard InChI is InChI=1S/C25H23FN6O3S/c1-3-19-22(30(2)24-29-21(20(13-27)36-24)15-4-6-16(26)7-5-15)18-12-17(14-28-23(18)35-19)31-8-10-32(11-9-31)25(33)34/h4-7,12,14H,3,8-11H2,1-2H3,(H,33,34). The van der Waals surface area contributed by atoms with Crippen molar-refractivity contribution >= 4 is 45.0 Å². The molecule has 36 heavy (non-hydrogen) atoms. The molecule has 1 aliphatic rings. The van der Waals surface area contributed by atoms with Crippen LogP contribution in [-0.2, 0) is 6.42 Å². The number of aryl methyl sites for hydroxylation is 1. The molecule has 0 spiro atoms. The van der Waals surface area contributed by atoms with Crippen LogP contribution in [0.15, 0.2) is 40.9 Å². The predicted molar refractivity (Wildman–Crippen MR) is 135 cm³/mol. The molecule has 0 bridgehead atoms. The van der Waals surface area contributed by atoms with Crippen molar-refractivity contribution in [2.75, 3.05) is 43.0 Å². The van der Waals surface area contributed by atoms with Crippen molar-refractivity contribution in [2.24, 2.45) is 0 Å². The highest BCUT2D eigenvalue weighted by atomic mass is 32.1. The number of fused-ring (bicyclic) bond motifs is 1. The third-order valence-corrected chi connectivity index (χ3v) is 7.31. The van der Waals surface area contributed by atoms with Crippen molar-refractivity contribution in [2.45, 2.75) is 13.3 Å². The molecule has 0 saturated carbocycles. The summed E-state index contributed by atoms with van der Waals surface area (Å²) in [7, 11) is 1.87. The molecule has 1 N–H and O–H groups in total. The summed E-state index contributed by atoms with van der Waals surface area (Å²) < 4.78 is 19.5. The molecule has 0 atom stereocenters. The maximum atomic E-state index is 13.4. The molecule has 1 saturated heterocycles. The van der Waals surface area contributed by atoms with E-state index in [1.54, 1.807) is 18.3 Å². The van der Waals surface area contributed by atoms with Gasteiger partial charge in [0.25, 0.3) is 0 Å². The second-order valence-corrected chi connectivity index (χ2v) is 9.36. The lowest BCUT2D eigenvalue weighted by molar-refractivity contribution is 0.142. The number of halogens is 1.